The molecule has 0 radical (unpaired) electrons. The largest absolute Gasteiger partial charge is 0.426 e. The first kappa shape index (κ1) is 31.9. The van der Waals surface area contributed by atoms with E-state index in [2.05, 4.69) is 0 Å². The Labute approximate surface area is 234 Å². The highest BCUT2D eigenvalue weighted by atomic mass is 35.5. The summed E-state index contributed by atoms with van der Waals surface area (Å²) in [6.07, 6.45) is -10.1. The van der Waals surface area contributed by atoms with Gasteiger partial charge in [-0.05, 0) is 67.2 Å². The molecule has 1 N–H and O–H groups in total. The fourth-order valence-corrected chi connectivity index (χ4v) is 5.24. The molecule has 11 heteroatoms. The third kappa shape index (κ3) is 8.46. The van der Waals surface area contributed by atoms with E-state index < -0.39 is 42.8 Å². The van der Waals surface area contributed by atoms with E-state index in [-0.39, 0.29) is 30.4 Å². The number of carbonyl (C=O) groups is 2. The molecular formula is C29H32ClF6NO3. The van der Waals surface area contributed by atoms with Crippen molar-refractivity contribution < 1.29 is 41.0 Å². The first-order valence-corrected chi connectivity index (χ1v) is 13.5. The quantitative estimate of drug-likeness (QED) is 0.269. The summed E-state index contributed by atoms with van der Waals surface area (Å²) in [4.78, 5) is 24.9. The van der Waals surface area contributed by atoms with Gasteiger partial charge in [0, 0.05) is 24.9 Å². The van der Waals surface area contributed by atoms with Gasteiger partial charge in [-0.2, -0.15) is 26.3 Å². The highest BCUT2D eigenvalue weighted by molar-refractivity contribution is 6.63. The zero-order valence-corrected chi connectivity index (χ0v) is 22.5. The van der Waals surface area contributed by atoms with Gasteiger partial charge in [-0.1, -0.05) is 60.7 Å². The maximum absolute atomic E-state index is 13.2. The van der Waals surface area contributed by atoms with Gasteiger partial charge < -0.3 is 10.0 Å². The summed E-state index contributed by atoms with van der Waals surface area (Å²) in [6.45, 7) is 0.476. The Balaban J connectivity index is 0.000000371. The minimum atomic E-state index is -5.81. The van der Waals surface area contributed by atoms with Crippen LogP contribution < -0.4 is 0 Å². The van der Waals surface area contributed by atoms with E-state index in [1.54, 1.807) is 29.2 Å². The summed E-state index contributed by atoms with van der Waals surface area (Å²) in [7, 11) is 0. The Bertz CT molecular complexity index is 1080. The number of benzene rings is 2. The van der Waals surface area contributed by atoms with Crippen molar-refractivity contribution in [3.05, 3.63) is 71.8 Å². The molecule has 2 fully saturated rings. The number of amides is 1. The van der Waals surface area contributed by atoms with Crippen LogP contribution in [0.25, 0.3) is 0 Å². The van der Waals surface area contributed by atoms with E-state index in [1.165, 1.54) is 0 Å². The molecule has 0 spiro atoms. The van der Waals surface area contributed by atoms with E-state index in [1.807, 2.05) is 36.4 Å². The topological polar surface area (TPSA) is 57.6 Å². The summed E-state index contributed by atoms with van der Waals surface area (Å²) in [5.41, 5.74) is -2.96. The molecule has 2 aromatic carbocycles. The smallest absolute Gasteiger partial charge is 0.373 e. The van der Waals surface area contributed by atoms with Crippen LogP contribution in [-0.2, 0) is 22.4 Å². The maximum atomic E-state index is 13.2. The number of rotatable bonds is 8. The minimum absolute atomic E-state index is 0.00634. The fourth-order valence-electron chi connectivity index (χ4n) is 5.09. The SMILES string of the molecule is O=C(Cc1ccccc1)N(CC1CC1)C1CCC(C(O)(C(F)(F)F)C(F)(F)F)CC1.O=C(Cl)Cc1ccccc1. The molecule has 2 aromatic rings. The van der Waals surface area contributed by atoms with E-state index in [0.29, 0.717) is 18.9 Å². The van der Waals surface area contributed by atoms with Crippen LogP contribution in [0.15, 0.2) is 60.7 Å². The molecular weight excluding hydrogens is 560 g/mol. The molecule has 4 nitrogen and oxygen atoms in total. The summed E-state index contributed by atoms with van der Waals surface area (Å²) >= 11 is 5.17. The van der Waals surface area contributed by atoms with Crippen molar-refractivity contribution in [2.75, 3.05) is 6.54 Å². The van der Waals surface area contributed by atoms with Gasteiger partial charge in [0.1, 0.15) is 0 Å². The van der Waals surface area contributed by atoms with Crippen LogP contribution in [0.3, 0.4) is 0 Å². The Kier molecular flexibility index (Phi) is 10.7. The van der Waals surface area contributed by atoms with Crippen molar-refractivity contribution in [3.63, 3.8) is 0 Å². The lowest BCUT2D eigenvalue weighted by Crippen LogP contribution is -2.62. The highest BCUT2D eigenvalue weighted by Gasteiger charge is 2.73. The number of nitrogens with zero attached hydrogens (tertiary/aromatic N) is 1. The van der Waals surface area contributed by atoms with E-state index in [4.69, 9.17) is 11.6 Å². The van der Waals surface area contributed by atoms with E-state index in [9.17, 15) is 41.0 Å². The molecule has 4 rings (SSSR count). The van der Waals surface area contributed by atoms with Crippen LogP contribution >= 0.6 is 11.6 Å². The Morgan fingerprint density at radius 1 is 0.750 bits per heavy atom. The second kappa shape index (κ2) is 13.4. The van der Waals surface area contributed by atoms with E-state index >= 15 is 0 Å². The standard InChI is InChI=1S/C21H25F6NO2.C8H7ClO/c22-20(23,24)19(30,21(25,26)27)16-8-10-17(11-9-16)28(13-15-6-7-15)18(29)12-14-4-2-1-3-5-14;9-8(10)6-7-4-2-1-3-5-7/h1-5,15-17,30H,6-13H2;1-5H,6H2. The number of hydrogen-bond donors (Lipinski definition) is 1. The first-order chi connectivity index (χ1) is 18.7. The molecule has 2 saturated carbocycles. The zero-order chi connectivity index (χ0) is 29.6. The van der Waals surface area contributed by atoms with Gasteiger partial charge in [-0.3, -0.25) is 9.59 Å². The molecule has 0 bridgehead atoms. The molecule has 220 valence electrons. The Morgan fingerprint density at radius 3 is 1.60 bits per heavy atom. The van der Waals surface area contributed by atoms with Crippen molar-refractivity contribution in [2.24, 2.45) is 11.8 Å². The van der Waals surface area contributed by atoms with Crippen molar-refractivity contribution in [1.82, 2.24) is 4.90 Å². The second-order valence-corrected chi connectivity index (χ2v) is 10.9. The van der Waals surface area contributed by atoms with Crippen LogP contribution in [0.4, 0.5) is 26.3 Å². The van der Waals surface area contributed by atoms with Gasteiger partial charge in [0.15, 0.2) is 0 Å². The van der Waals surface area contributed by atoms with E-state index in [0.717, 1.165) is 24.0 Å². The molecule has 0 aliphatic heterocycles. The summed E-state index contributed by atoms with van der Waals surface area (Å²) in [6, 6.07) is 18.0. The minimum Gasteiger partial charge on any atom is -0.373 e. The summed E-state index contributed by atoms with van der Waals surface area (Å²) in [5, 5.41) is 9.35. The lowest BCUT2D eigenvalue weighted by Gasteiger charge is -2.44. The van der Waals surface area contributed by atoms with Crippen LogP contribution in [-0.4, -0.2) is 51.7 Å². The lowest BCUT2D eigenvalue weighted by atomic mass is 9.74. The average molecular weight is 592 g/mol. The number of alkyl halides is 6. The fraction of sp³-hybridized carbons (Fsp3) is 0.517. The Morgan fingerprint density at radius 2 is 1.20 bits per heavy atom. The molecule has 40 heavy (non-hydrogen) atoms. The van der Waals surface area contributed by atoms with Gasteiger partial charge in [-0.25, -0.2) is 0 Å². The van der Waals surface area contributed by atoms with Crippen molar-refractivity contribution in [2.45, 2.75) is 75.4 Å². The van der Waals surface area contributed by atoms with Crippen LogP contribution in [0, 0.1) is 11.8 Å². The van der Waals surface area contributed by atoms with Crippen molar-refractivity contribution >= 4 is 22.8 Å². The number of carbonyl (C=O) groups excluding carboxylic acids is 2. The zero-order valence-electron chi connectivity index (χ0n) is 21.7. The van der Waals surface area contributed by atoms with Gasteiger partial charge in [0.2, 0.25) is 11.1 Å². The summed E-state index contributed by atoms with van der Waals surface area (Å²) in [5.74, 6) is -1.80. The molecule has 2 aliphatic rings. The second-order valence-electron chi connectivity index (χ2n) is 10.4. The molecule has 0 atom stereocenters. The van der Waals surface area contributed by atoms with Crippen molar-refractivity contribution in [1.29, 1.82) is 0 Å². The molecule has 0 saturated heterocycles. The Hall–Kier alpha value is -2.59. The molecule has 2 aliphatic carbocycles. The molecule has 0 aromatic heterocycles. The third-order valence-electron chi connectivity index (χ3n) is 7.45. The third-order valence-corrected chi connectivity index (χ3v) is 7.58. The van der Waals surface area contributed by atoms with Crippen LogP contribution in [0.2, 0.25) is 0 Å². The van der Waals surface area contributed by atoms with Crippen LogP contribution in [0.5, 0.6) is 0 Å². The summed E-state index contributed by atoms with van der Waals surface area (Å²) < 4.78 is 78.9. The molecule has 0 heterocycles. The molecule has 0 unspecified atom stereocenters. The predicted octanol–water partition coefficient (Wildman–Crippen LogP) is 6.88. The highest BCUT2D eigenvalue weighted by Crippen LogP contribution is 2.52. The van der Waals surface area contributed by atoms with Gasteiger partial charge >= 0.3 is 12.4 Å². The lowest BCUT2D eigenvalue weighted by molar-refractivity contribution is -0.387. The number of halogens is 7. The normalized spacial score (nSPS) is 19.8. The monoisotopic (exact) mass is 591 g/mol. The average Bonchev–Trinajstić information content (AvgIpc) is 3.71. The first-order valence-electron chi connectivity index (χ1n) is 13.1. The van der Waals surface area contributed by atoms with Gasteiger partial charge in [-0.15, -0.1) is 0 Å². The van der Waals surface area contributed by atoms with Gasteiger partial charge in [0.25, 0.3) is 5.60 Å². The van der Waals surface area contributed by atoms with Crippen molar-refractivity contribution in [3.8, 4) is 0 Å². The van der Waals surface area contributed by atoms with Gasteiger partial charge in [0.05, 0.1) is 6.42 Å². The van der Waals surface area contributed by atoms with Crippen LogP contribution in [0.1, 0.15) is 49.7 Å². The number of aliphatic hydroxyl groups is 1. The predicted molar refractivity (Wildman–Crippen MR) is 138 cm³/mol. The maximum Gasteiger partial charge on any atom is 0.426 e. The number of hydrogen-bond acceptors (Lipinski definition) is 3. The molecule has 1 amide bonds.